The number of fused-ring (bicyclic) bond motifs is 1. The lowest BCUT2D eigenvalue weighted by Crippen LogP contribution is -2.51. The average Bonchev–Trinajstić information content (AvgIpc) is 3.19. The van der Waals surface area contributed by atoms with E-state index in [9.17, 15) is 14.4 Å². The van der Waals surface area contributed by atoms with Crippen LogP contribution in [0.15, 0.2) is 10.6 Å². The van der Waals surface area contributed by atoms with Gasteiger partial charge in [0.1, 0.15) is 6.54 Å². The van der Waals surface area contributed by atoms with E-state index in [1.165, 1.54) is 4.90 Å². The Hall–Kier alpha value is -2.22. The molecule has 8 heteroatoms. The van der Waals surface area contributed by atoms with Crippen LogP contribution in [0.3, 0.4) is 0 Å². The standard InChI is InChI=1S/C19H26N4O4/c1-13-10-14(27-20-13)11-21-6-8-22(9-7-21)17(24)12-23-18(25)15-4-2-3-5-16(15)19(23)26/h10,15-16H,2-9,11-12H2,1H3. The first kappa shape index (κ1) is 18.2. The molecule has 146 valence electrons. The molecule has 8 nitrogen and oxygen atoms in total. The van der Waals surface area contributed by atoms with Gasteiger partial charge < -0.3 is 9.42 Å². The number of hydrogen-bond donors (Lipinski definition) is 0. The minimum absolute atomic E-state index is 0.105. The van der Waals surface area contributed by atoms with Crippen molar-refractivity contribution in [1.29, 1.82) is 0 Å². The molecule has 2 unspecified atom stereocenters. The number of aromatic nitrogens is 1. The minimum Gasteiger partial charge on any atom is -0.360 e. The first-order chi connectivity index (χ1) is 13.0. The maximum absolute atomic E-state index is 12.7. The molecule has 2 atom stereocenters. The van der Waals surface area contributed by atoms with Crippen LogP contribution in [-0.2, 0) is 20.9 Å². The Morgan fingerprint density at radius 3 is 2.30 bits per heavy atom. The Labute approximate surface area is 158 Å². The van der Waals surface area contributed by atoms with E-state index in [4.69, 9.17) is 4.52 Å². The number of aryl methyl sites for hydroxylation is 1. The summed E-state index contributed by atoms with van der Waals surface area (Å²) in [4.78, 5) is 42.9. The Bertz CT molecular complexity index is 714. The van der Waals surface area contributed by atoms with Gasteiger partial charge in [-0.3, -0.25) is 24.2 Å². The normalized spacial score (nSPS) is 26.6. The number of nitrogens with zero attached hydrogens (tertiary/aromatic N) is 4. The largest absolute Gasteiger partial charge is 0.360 e. The second kappa shape index (κ2) is 7.42. The number of amides is 3. The fourth-order valence-corrected chi connectivity index (χ4v) is 4.49. The molecule has 0 aromatic carbocycles. The number of piperazine rings is 1. The molecule has 1 aliphatic carbocycles. The highest BCUT2D eigenvalue weighted by atomic mass is 16.5. The summed E-state index contributed by atoms with van der Waals surface area (Å²) in [6.45, 7) is 5.11. The van der Waals surface area contributed by atoms with Gasteiger partial charge in [-0.25, -0.2) is 0 Å². The van der Waals surface area contributed by atoms with Gasteiger partial charge in [0.25, 0.3) is 0 Å². The molecule has 0 N–H and O–H groups in total. The fraction of sp³-hybridized carbons (Fsp3) is 0.684. The third-order valence-electron chi connectivity index (χ3n) is 6.01. The van der Waals surface area contributed by atoms with Crippen molar-refractivity contribution in [2.24, 2.45) is 11.8 Å². The van der Waals surface area contributed by atoms with Gasteiger partial charge in [0, 0.05) is 32.2 Å². The summed E-state index contributed by atoms with van der Waals surface area (Å²) in [6, 6.07) is 1.92. The molecule has 27 heavy (non-hydrogen) atoms. The van der Waals surface area contributed by atoms with Crippen LogP contribution in [0.5, 0.6) is 0 Å². The number of imide groups is 1. The Morgan fingerprint density at radius 2 is 1.74 bits per heavy atom. The van der Waals surface area contributed by atoms with Crippen molar-refractivity contribution in [3.8, 4) is 0 Å². The lowest BCUT2D eigenvalue weighted by Gasteiger charge is -2.34. The van der Waals surface area contributed by atoms with Crippen LogP contribution in [0, 0.1) is 18.8 Å². The van der Waals surface area contributed by atoms with Gasteiger partial charge in [0.05, 0.1) is 24.1 Å². The van der Waals surface area contributed by atoms with Crippen LogP contribution in [0.1, 0.15) is 37.1 Å². The van der Waals surface area contributed by atoms with Crippen molar-refractivity contribution in [2.75, 3.05) is 32.7 Å². The lowest BCUT2D eigenvalue weighted by molar-refractivity contribution is -0.147. The second-order valence-electron chi connectivity index (χ2n) is 7.85. The van der Waals surface area contributed by atoms with E-state index in [1.807, 2.05) is 13.0 Å². The molecule has 4 rings (SSSR count). The molecule has 3 amide bonds. The van der Waals surface area contributed by atoms with Crippen LogP contribution >= 0.6 is 0 Å². The second-order valence-corrected chi connectivity index (χ2v) is 7.85. The molecule has 0 spiro atoms. The van der Waals surface area contributed by atoms with E-state index in [2.05, 4.69) is 10.1 Å². The van der Waals surface area contributed by atoms with Crippen molar-refractivity contribution in [3.63, 3.8) is 0 Å². The van der Waals surface area contributed by atoms with Crippen molar-refractivity contribution >= 4 is 17.7 Å². The van der Waals surface area contributed by atoms with E-state index in [1.54, 1.807) is 4.90 Å². The van der Waals surface area contributed by atoms with Gasteiger partial charge >= 0.3 is 0 Å². The number of carbonyl (C=O) groups is 3. The highest BCUT2D eigenvalue weighted by Crippen LogP contribution is 2.37. The third kappa shape index (κ3) is 3.63. The first-order valence-corrected chi connectivity index (χ1v) is 9.80. The SMILES string of the molecule is Cc1cc(CN2CCN(C(=O)CN3C(=O)C4CCCCC4C3=O)CC2)on1. The minimum atomic E-state index is -0.193. The van der Waals surface area contributed by atoms with E-state index in [0.29, 0.717) is 19.6 Å². The highest BCUT2D eigenvalue weighted by molar-refractivity contribution is 6.07. The fourth-order valence-electron chi connectivity index (χ4n) is 4.49. The van der Waals surface area contributed by atoms with Crippen molar-refractivity contribution < 1.29 is 18.9 Å². The van der Waals surface area contributed by atoms with Crippen molar-refractivity contribution in [2.45, 2.75) is 39.2 Å². The molecule has 0 radical (unpaired) electrons. The molecular formula is C19H26N4O4. The zero-order valence-electron chi connectivity index (χ0n) is 15.7. The predicted molar refractivity (Wildman–Crippen MR) is 95.3 cm³/mol. The molecule has 1 saturated carbocycles. The Morgan fingerprint density at radius 1 is 1.11 bits per heavy atom. The Kier molecular flexibility index (Phi) is 4.99. The number of likely N-dealkylation sites (tertiary alicyclic amines) is 1. The van der Waals surface area contributed by atoms with E-state index < -0.39 is 0 Å². The molecule has 1 aromatic heterocycles. The van der Waals surface area contributed by atoms with Crippen LogP contribution in [0.4, 0.5) is 0 Å². The zero-order valence-corrected chi connectivity index (χ0v) is 15.7. The summed E-state index contributed by atoms with van der Waals surface area (Å²) < 4.78 is 5.25. The predicted octanol–water partition coefficient (Wildman–Crippen LogP) is 0.802. The molecule has 1 aromatic rings. The van der Waals surface area contributed by atoms with Gasteiger partial charge in [0.2, 0.25) is 17.7 Å². The molecule has 3 heterocycles. The molecule has 2 aliphatic heterocycles. The summed E-state index contributed by atoms with van der Waals surface area (Å²) in [5, 5.41) is 3.89. The molecule has 3 aliphatic rings. The summed E-state index contributed by atoms with van der Waals surface area (Å²) in [5.74, 6) is 0.0194. The summed E-state index contributed by atoms with van der Waals surface area (Å²) in [6.07, 6.45) is 3.54. The van der Waals surface area contributed by atoms with Crippen LogP contribution in [-0.4, -0.2) is 70.3 Å². The van der Waals surface area contributed by atoms with Crippen LogP contribution < -0.4 is 0 Å². The van der Waals surface area contributed by atoms with E-state index >= 15 is 0 Å². The summed E-state index contributed by atoms with van der Waals surface area (Å²) in [5.41, 5.74) is 0.860. The smallest absolute Gasteiger partial charge is 0.242 e. The molecule has 2 saturated heterocycles. The molecular weight excluding hydrogens is 348 g/mol. The van der Waals surface area contributed by atoms with E-state index in [-0.39, 0.29) is 36.1 Å². The van der Waals surface area contributed by atoms with Crippen LogP contribution in [0.2, 0.25) is 0 Å². The van der Waals surface area contributed by atoms with Gasteiger partial charge in [-0.2, -0.15) is 0 Å². The Balaban J connectivity index is 1.29. The molecule has 3 fully saturated rings. The average molecular weight is 374 g/mol. The van der Waals surface area contributed by atoms with Crippen molar-refractivity contribution in [3.05, 3.63) is 17.5 Å². The number of carbonyl (C=O) groups excluding carboxylic acids is 3. The third-order valence-corrected chi connectivity index (χ3v) is 6.01. The topological polar surface area (TPSA) is 87.0 Å². The number of hydrogen-bond acceptors (Lipinski definition) is 6. The highest BCUT2D eigenvalue weighted by Gasteiger charge is 2.48. The van der Waals surface area contributed by atoms with Gasteiger partial charge in [-0.1, -0.05) is 18.0 Å². The first-order valence-electron chi connectivity index (χ1n) is 9.80. The quantitative estimate of drug-likeness (QED) is 0.725. The zero-order chi connectivity index (χ0) is 19.0. The van der Waals surface area contributed by atoms with Gasteiger partial charge in [-0.15, -0.1) is 0 Å². The van der Waals surface area contributed by atoms with Gasteiger partial charge in [0.15, 0.2) is 5.76 Å². The maximum atomic E-state index is 12.7. The summed E-state index contributed by atoms with van der Waals surface area (Å²) in [7, 11) is 0. The van der Waals surface area contributed by atoms with Crippen LogP contribution in [0.25, 0.3) is 0 Å². The van der Waals surface area contributed by atoms with Gasteiger partial charge in [-0.05, 0) is 19.8 Å². The number of rotatable bonds is 4. The van der Waals surface area contributed by atoms with Crippen molar-refractivity contribution in [1.82, 2.24) is 19.9 Å². The lowest BCUT2D eigenvalue weighted by atomic mass is 9.81. The summed E-state index contributed by atoms with van der Waals surface area (Å²) >= 11 is 0. The monoisotopic (exact) mass is 374 g/mol. The maximum Gasteiger partial charge on any atom is 0.242 e. The van der Waals surface area contributed by atoms with E-state index in [0.717, 1.165) is 50.2 Å². The molecule has 0 bridgehead atoms.